The van der Waals surface area contributed by atoms with Gasteiger partial charge in [-0.1, -0.05) is 11.6 Å². The summed E-state index contributed by atoms with van der Waals surface area (Å²) in [5.74, 6) is -0.206. The maximum atomic E-state index is 12.3. The Morgan fingerprint density at radius 3 is 2.69 bits per heavy atom. The van der Waals surface area contributed by atoms with Crippen LogP contribution < -0.4 is 5.73 Å². The van der Waals surface area contributed by atoms with Crippen molar-refractivity contribution in [3.8, 4) is 0 Å². The lowest BCUT2D eigenvalue weighted by Crippen LogP contribution is -2.01. The summed E-state index contributed by atoms with van der Waals surface area (Å²) in [6, 6.07) is 0. The predicted octanol–water partition coefficient (Wildman–Crippen LogP) is 2.07. The Balaban J connectivity index is 3.41. The van der Waals surface area contributed by atoms with Crippen LogP contribution in [-0.4, -0.2) is 11.3 Å². The molecule has 0 unspecified atom stereocenters. The largest absolute Gasteiger partial charge is 0.382 e. The molecule has 0 aliphatic carbocycles. The van der Waals surface area contributed by atoms with E-state index in [-0.39, 0.29) is 22.7 Å². The molecule has 70 valence electrons. The summed E-state index contributed by atoms with van der Waals surface area (Å²) < 4.78 is 24.7. The molecule has 1 aromatic heterocycles. The predicted molar refractivity (Wildman–Crippen MR) is 44.0 cm³/mol. The Kier molecular flexibility index (Phi) is 2.77. The first kappa shape index (κ1) is 9.85. The Morgan fingerprint density at radius 1 is 1.62 bits per heavy atom. The van der Waals surface area contributed by atoms with Crippen molar-refractivity contribution in [2.75, 3.05) is 5.73 Å². The number of pyridine rings is 1. The van der Waals surface area contributed by atoms with Crippen LogP contribution in [0.5, 0.6) is 0 Å². The van der Waals surface area contributed by atoms with Crippen molar-refractivity contribution >= 4 is 23.7 Å². The standard InChI is InChI=1S/C7H5ClF2N2O/c8-5-4(6(9)10)3(2-13)1-12-7(5)11/h1-2,6H,(H2,11,12). The van der Waals surface area contributed by atoms with Crippen molar-refractivity contribution in [2.24, 2.45) is 0 Å². The second-order valence-corrected chi connectivity index (χ2v) is 2.62. The lowest BCUT2D eigenvalue weighted by molar-refractivity contribution is 0.110. The minimum absolute atomic E-state index is 0.206. The highest BCUT2D eigenvalue weighted by atomic mass is 35.5. The van der Waals surface area contributed by atoms with Crippen LogP contribution in [0.3, 0.4) is 0 Å². The van der Waals surface area contributed by atoms with E-state index in [1.165, 1.54) is 0 Å². The molecule has 1 rings (SSSR count). The molecule has 0 atom stereocenters. The molecule has 0 spiro atoms. The van der Waals surface area contributed by atoms with E-state index in [4.69, 9.17) is 17.3 Å². The van der Waals surface area contributed by atoms with Gasteiger partial charge >= 0.3 is 0 Å². The Labute approximate surface area is 77.5 Å². The van der Waals surface area contributed by atoms with E-state index < -0.39 is 12.0 Å². The van der Waals surface area contributed by atoms with Gasteiger partial charge in [0.05, 0.1) is 10.6 Å². The highest BCUT2D eigenvalue weighted by molar-refractivity contribution is 6.33. The van der Waals surface area contributed by atoms with E-state index in [1.54, 1.807) is 0 Å². The number of nitrogen functional groups attached to an aromatic ring is 1. The highest BCUT2D eigenvalue weighted by Gasteiger charge is 2.19. The number of halogens is 3. The fourth-order valence-electron chi connectivity index (χ4n) is 0.846. The van der Waals surface area contributed by atoms with Crippen molar-refractivity contribution in [3.63, 3.8) is 0 Å². The van der Waals surface area contributed by atoms with E-state index in [0.29, 0.717) is 0 Å². The average Bonchev–Trinajstić information content (AvgIpc) is 2.08. The van der Waals surface area contributed by atoms with E-state index >= 15 is 0 Å². The molecule has 0 amide bonds. The number of carbonyl (C=O) groups excluding carboxylic acids is 1. The van der Waals surface area contributed by atoms with Gasteiger partial charge in [-0.15, -0.1) is 0 Å². The summed E-state index contributed by atoms with van der Waals surface area (Å²) in [6.07, 6.45) is -1.60. The van der Waals surface area contributed by atoms with Gasteiger partial charge in [-0.05, 0) is 0 Å². The SMILES string of the molecule is Nc1ncc(C=O)c(C(F)F)c1Cl. The van der Waals surface area contributed by atoms with Gasteiger partial charge in [-0.3, -0.25) is 4.79 Å². The number of aromatic nitrogens is 1. The monoisotopic (exact) mass is 206 g/mol. The van der Waals surface area contributed by atoms with Gasteiger partial charge in [0.15, 0.2) is 6.29 Å². The summed E-state index contributed by atoms with van der Waals surface area (Å²) >= 11 is 5.45. The van der Waals surface area contributed by atoms with Crippen LogP contribution in [0, 0.1) is 0 Å². The molecule has 0 fully saturated rings. The minimum Gasteiger partial charge on any atom is -0.382 e. The maximum Gasteiger partial charge on any atom is 0.266 e. The zero-order chi connectivity index (χ0) is 10.0. The summed E-state index contributed by atoms with van der Waals surface area (Å²) in [7, 11) is 0. The zero-order valence-electron chi connectivity index (χ0n) is 6.30. The van der Waals surface area contributed by atoms with Crippen molar-refractivity contribution < 1.29 is 13.6 Å². The van der Waals surface area contributed by atoms with Gasteiger partial charge in [0, 0.05) is 11.8 Å². The van der Waals surface area contributed by atoms with Crippen LogP contribution in [-0.2, 0) is 0 Å². The van der Waals surface area contributed by atoms with E-state index in [0.717, 1.165) is 6.20 Å². The van der Waals surface area contributed by atoms with Gasteiger partial charge in [0.25, 0.3) is 6.43 Å². The Morgan fingerprint density at radius 2 is 2.23 bits per heavy atom. The zero-order valence-corrected chi connectivity index (χ0v) is 7.05. The molecule has 0 saturated carbocycles. The molecule has 0 aliphatic rings. The van der Waals surface area contributed by atoms with Gasteiger partial charge in [-0.2, -0.15) is 0 Å². The van der Waals surface area contributed by atoms with Gasteiger partial charge in [0.1, 0.15) is 5.82 Å². The van der Waals surface area contributed by atoms with E-state index in [1.807, 2.05) is 0 Å². The molecule has 1 heterocycles. The third-order valence-electron chi connectivity index (χ3n) is 1.46. The van der Waals surface area contributed by atoms with Crippen LogP contribution in [0.4, 0.5) is 14.6 Å². The van der Waals surface area contributed by atoms with Crippen LogP contribution in [0.2, 0.25) is 5.02 Å². The second-order valence-electron chi connectivity index (χ2n) is 2.24. The van der Waals surface area contributed by atoms with E-state index in [9.17, 15) is 13.6 Å². The number of hydrogen-bond acceptors (Lipinski definition) is 3. The first-order valence-corrected chi connectivity index (χ1v) is 3.63. The molecule has 6 heteroatoms. The third-order valence-corrected chi connectivity index (χ3v) is 1.86. The maximum absolute atomic E-state index is 12.3. The Bertz CT molecular complexity index is 344. The van der Waals surface area contributed by atoms with Gasteiger partial charge in [0.2, 0.25) is 0 Å². The number of rotatable bonds is 2. The van der Waals surface area contributed by atoms with Crippen LogP contribution in [0.15, 0.2) is 6.20 Å². The quantitative estimate of drug-likeness (QED) is 0.754. The minimum atomic E-state index is -2.84. The molecule has 3 nitrogen and oxygen atoms in total. The summed E-state index contributed by atoms with van der Waals surface area (Å²) in [5, 5.41) is -0.361. The van der Waals surface area contributed by atoms with Crippen LogP contribution in [0.25, 0.3) is 0 Å². The first-order valence-electron chi connectivity index (χ1n) is 3.25. The number of alkyl halides is 2. The molecule has 0 bridgehead atoms. The lowest BCUT2D eigenvalue weighted by atomic mass is 10.1. The number of hydrogen-bond donors (Lipinski definition) is 1. The molecular weight excluding hydrogens is 202 g/mol. The molecule has 0 aliphatic heterocycles. The molecule has 1 aromatic rings. The van der Waals surface area contributed by atoms with Crippen LogP contribution in [0.1, 0.15) is 22.3 Å². The van der Waals surface area contributed by atoms with Gasteiger partial charge in [-0.25, -0.2) is 13.8 Å². The van der Waals surface area contributed by atoms with E-state index in [2.05, 4.69) is 4.98 Å². The highest BCUT2D eigenvalue weighted by Crippen LogP contribution is 2.32. The lowest BCUT2D eigenvalue weighted by Gasteiger charge is -2.06. The van der Waals surface area contributed by atoms with Crippen molar-refractivity contribution in [2.45, 2.75) is 6.43 Å². The van der Waals surface area contributed by atoms with Gasteiger partial charge < -0.3 is 5.73 Å². The number of anilines is 1. The molecule has 2 N–H and O–H groups in total. The average molecular weight is 207 g/mol. The second kappa shape index (κ2) is 3.66. The number of carbonyl (C=O) groups is 1. The third kappa shape index (κ3) is 1.75. The summed E-state index contributed by atoms with van der Waals surface area (Å²) in [4.78, 5) is 13.8. The smallest absolute Gasteiger partial charge is 0.266 e. The summed E-state index contributed by atoms with van der Waals surface area (Å²) in [6.45, 7) is 0. The topological polar surface area (TPSA) is 56.0 Å². The number of nitrogens with zero attached hydrogens (tertiary/aromatic N) is 1. The fraction of sp³-hybridized carbons (Fsp3) is 0.143. The van der Waals surface area contributed by atoms with Crippen LogP contribution >= 0.6 is 11.6 Å². The number of aldehydes is 1. The molecular formula is C7H5ClF2N2O. The molecule has 0 aromatic carbocycles. The molecule has 13 heavy (non-hydrogen) atoms. The van der Waals surface area contributed by atoms with Crippen molar-refractivity contribution in [3.05, 3.63) is 22.3 Å². The summed E-state index contributed by atoms with van der Waals surface area (Å²) in [5.41, 5.74) is 4.38. The normalized spacial score (nSPS) is 10.5. The molecule has 0 saturated heterocycles. The Hall–Kier alpha value is -1.23. The first-order chi connectivity index (χ1) is 6.07. The van der Waals surface area contributed by atoms with Crippen molar-refractivity contribution in [1.29, 1.82) is 0 Å². The number of nitrogens with two attached hydrogens (primary N) is 1. The fourth-order valence-corrected chi connectivity index (χ4v) is 1.09. The van der Waals surface area contributed by atoms with Crippen molar-refractivity contribution in [1.82, 2.24) is 4.98 Å². The molecule has 0 radical (unpaired) electrons.